The van der Waals surface area contributed by atoms with Crippen LogP contribution in [0, 0.1) is 17.7 Å². The van der Waals surface area contributed by atoms with Gasteiger partial charge in [0.2, 0.25) is 0 Å². The summed E-state index contributed by atoms with van der Waals surface area (Å²) in [5.41, 5.74) is 1.04. The highest BCUT2D eigenvalue weighted by atomic mass is 19.1. The van der Waals surface area contributed by atoms with Crippen LogP contribution in [0.25, 0.3) is 0 Å². The molecule has 0 fully saturated rings. The Balaban J connectivity index is 2.93. The summed E-state index contributed by atoms with van der Waals surface area (Å²) in [5, 5.41) is 3.44. The molecule has 0 bridgehead atoms. The lowest BCUT2D eigenvalue weighted by Gasteiger charge is -2.28. The predicted octanol–water partition coefficient (Wildman–Crippen LogP) is 3.77. The molecule has 0 aliphatic rings. The van der Waals surface area contributed by atoms with Gasteiger partial charge in [-0.3, -0.25) is 0 Å². The smallest absolute Gasteiger partial charge is 0.123 e. The van der Waals surface area contributed by atoms with Gasteiger partial charge in [0, 0.05) is 6.04 Å². The van der Waals surface area contributed by atoms with Gasteiger partial charge < -0.3 is 5.32 Å². The van der Waals surface area contributed by atoms with E-state index in [2.05, 4.69) is 33.0 Å². The third kappa shape index (κ3) is 3.31. The van der Waals surface area contributed by atoms with Crippen LogP contribution in [0.3, 0.4) is 0 Å². The average molecular weight is 223 g/mol. The second-order valence-electron chi connectivity index (χ2n) is 4.69. The zero-order valence-electron chi connectivity index (χ0n) is 10.6. The summed E-state index contributed by atoms with van der Waals surface area (Å²) in [7, 11) is 0. The zero-order valence-corrected chi connectivity index (χ0v) is 10.6. The number of benzene rings is 1. The Morgan fingerprint density at radius 2 is 1.94 bits per heavy atom. The van der Waals surface area contributed by atoms with Crippen LogP contribution in [-0.4, -0.2) is 6.54 Å². The summed E-state index contributed by atoms with van der Waals surface area (Å²) < 4.78 is 13.2. The van der Waals surface area contributed by atoms with E-state index in [4.69, 9.17) is 0 Å². The Morgan fingerprint density at radius 3 is 2.44 bits per heavy atom. The summed E-state index contributed by atoms with van der Waals surface area (Å²) in [5.74, 6) is 0.908. The first-order chi connectivity index (χ1) is 7.56. The van der Waals surface area contributed by atoms with Crippen LogP contribution in [0.1, 0.15) is 39.3 Å². The minimum Gasteiger partial charge on any atom is -0.310 e. The Kier molecular flexibility index (Phi) is 4.94. The first-order valence-electron chi connectivity index (χ1n) is 6.05. The molecule has 0 saturated heterocycles. The molecule has 0 radical (unpaired) electrons. The van der Waals surface area contributed by atoms with Gasteiger partial charge >= 0.3 is 0 Å². The molecule has 1 rings (SSSR count). The van der Waals surface area contributed by atoms with Gasteiger partial charge in [0.15, 0.2) is 0 Å². The fourth-order valence-electron chi connectivity index (χ4n) is 1.91. The molecule has 0 amide bonds. The second-order valence-corrected chi connectivity index (χ2v) is 4.69. The Labute approximate surface area is 98.1 Å². The van der Waals surface area contributed by atoms with Gasteiger partial charge in [-0.1, -0.05) is 39.8 Å². The minimum atomic E-state index is -0.156. The van der Waals surface area contributed by atoms with Crippen LogP contribution in [-0.2, 0) is 0 Å². The number of rotatable bonds is 5. The van der Waals surface area contributed by atoms with Gasteiger partial charge in [0.05, 0.1) is 0 Å². The highest BCUT2D eigenvalue weighted by molar-refractivity contribution is 5.21. The lowest BCUT2D eigenvalue weighted by molar-refractivity contribution is 0.307. The third-order valence-corrected chi connectivity index (χ3v) is 3.21. The monoisotopic (exact) mass is 223 g/mol. The summed E-state index contributed by atoms with van der Waals surface area (Å²) in [6, 6.07) is 7.14. The van der Waals surface area contributed by atoms with E-state index in [0.29, 0.717) is 11.8 Å². The van der Waals surface area contributed by atoms with E-state index in [9.17, 15) is 4.39 Å². The lowest BCUT2D eigenvalue weighted by Crippen LogP contribution is -2.29. The van der Waals surface area contributed by atoms with Crippen LogP contribution in [0.5, 0.6) is 0 Å². The van der Waals surface area contributed by atoms with Crippen molar-refractivity contribution in [2.75, 3.05) is 6.54 Å². The van der Waals surface area contributed by atoms with Crippen molar-refractivity contribution in [3.05, 3.63) is 35.6 Å². The van der Waals surface area contributed by atoms with Crippen LogP contribution >= 0.6 is 0 Å². The van der Waals surface area contributed by atoms with Gasteiger partial charge in [0.25, 0.3) is 0 Å². The minimum absolute atomic E-state index is 0.156. The van der Waals surface area contributed by atoms with Gasteiger partial charge in [-0.2, -0.15) is 0 Å². The molecular weight excluding hydrogens is 201 g/mol. The van der Waals surface area contributed by atoms with Crippen molar-refractivity contribution >= 4 is 0 Å². The predicted molar refractivity (Wildman–Crippen MR) is 66.8 cm³/mol. The van der Waals surface area contributed by atoms with Gasteiger partial charge in [-0.05, 0) is 36.1 Å². The van der Waals surface area contributed by atoms with Crippen molar-refractivity contribution in [3.63, 3.8) is 0 Å². The second kappa shape index (κ2) is 6.00. The maximum absolute atomic E-state index is 13.2. The Morgan fingerprint density at radius 1 is 1.25 bits per heavy atom. The quantitative estimate of drug-likeness (QED) is 0.801. The van der Waals surface area contributed by atoms with Crippen LogP contribution in [0.15, 0.2) is 24.3 Å². The normalized spacial score (nSPS) is 15.1. The standard InChI is InChI=1S/C14H22FN/c1-5-16-14(11(4)10(2)3)12-7-6-8-13(15)9-12/h6-11,14,16H,5H2,1-4H3. The molecule has 0 aliphatic heterocycles. The molecular formula is C14H22FN. The molecule has 1 nitrogen and oxygen atoms in total. The van der Waals surface area contributed by atoms with Crippen molar-refractivity contribution in [3.8, 4) is 0 Å². The zero-order chi connectivity index (χ0) is 12.1. The number of nitrogens with one attached hydrogen (secondary N) is 1. The summed E-state index contributed by atoms with van der Waals surface area (Å²) in [6.45, 7) is 9.60. The van der Waals surface area contributed by atoms with E-state index in [1.54, 1.807) is 12.1 Å². The highest BCUT2D eigenvalue weighted by Crippen LogP contribution is 2.27. The Bertz CT molecular complexity index is 322. The van der Waals surface area contributed by atoms with E-state index in [1.807, 2.05) is 6.07 Å². The van der Waals surface area contributed by atoms with Crippen LogP contribution < -0.4 is 5.32 Å². The molecule has 0 spiro atoms. The van der Waals surface area contributed by atoms with Gasteiger partial charge in [-0.15, -0.1) is 0 Å². The third-order valence-electron chi connectivity index (χ3n) is 3.21. The summed E-state index contributed by atoms with van der Waals surface area (Å²) in [6.07, 6.45) is 0. The van der Waals surface area contributed by atoms with E-state index in [0.717, 1.165) is 12.1 Å². The largest absolute Gasteiger partial charge is 0.310 e. The van der Waals surface area contributed by atoms with Crippen molar-refractivity contribution in [2.24, 2.45) is 11.8 Å². The fraction of sp³-hybridized carbons (Fsp3) is 0.571. The van der Waals surface area contributed by atoms with Crippen molar-refractivity contribution < 1.29 is 4.39 Å². The molecule has 1 N–H and O–H groups in total. The van der Waals surface area contributed by atoms with Crippen molar-refractivity contribution in [1.29, 1.82) is 0 Å². The Hall–Kier alpha value is -0.890. The lowest BCUT2D eigenvalue weighted by atomic mass is 9.86. The summed E-state index contributed by atoms with van der Waals surface area (Å²) >= 11 is 0. The molecule has 1 aromatic rings. The molecule has 1 aromatic carbocycles. The highest BCUT2D eigenvalue weighted by Gasteiger charge is 2.21. The van der Waals surface area contributed by atoms with Gasteiger partial charge in [-0.25, -0.2) is 4.39 Å². The van der Waals surface area contributed by atoms with Gasteiger partial charge in [0.1, 0.15) is 5.82 Å². The van der Waals surface area contributed by atoms with E-state index >= 15 is 0 Å². The molecule has 0 heterocycles. The van der Waals surface area contributed by atoms with Crippen molar-refractivity contribution in [2.45, 2.75) is 33.7 Å². The number of halogens is 1. The maximum Gasteiger partial charge on any atom is 0.123 e. The molecule has 0 saturated carbocycles. The number of hydrogen-bond donors (Lipinski definition) is 1. The van der Waals surface area contributed by atoms with E-state index in [1.165, 1.54) is 6.07 Å². The summed E-state index contributed by atoms with van der Waals surface area (Å²) in [4.78, 5) is 0. The van der Waals surface area contributed by atoms with E-state index in [-0.39, 0.29) is 11.9 Å². The first-order valence-corrected chi connectivity index (χ1v) is 6.05. The van der Waals surface area contributed by atoms with Crippen molar-refractivity contribution in [1.82, 2.24) is 5.32 Å². The van der Waals surface area contributed by atoms with E-state index < -0.39 is 0 Å². The number of hydrogen-bond acceptors (Lipinski definition) is 1. The fourth-order valence-corrected chi connectivity index (χ4v) is 1.91. The topological polar surface area (TPSA) is 12.0 Å². The molecule has 2 heteroatoms. The van der Waals surface area contributed by atoms with Crippen LogP contribution in [0.2, 0.25) is 0 Å². The average Bonchev–Trinajstić information content (AvgIpc) is 2.24. The molecule has 0 aliphatic carbocycles. The molecule has 16 heavy (non-hydrogen) atoms. The molecule has 2 unspecified atom stereocenters. The SMILES string of the molecule is CCNC(c1cccc(F)c1)C(C)C(C)C. The first kappa shape index (κ1) is 13.2. The molecule has 2 atom stereocenters. The molecule has 0 aromatic heterocycles. The molecule has 90 valence electrons. The maximum atomic E-state index is 13.2. The van der Waals surface area contributed by atoms with Crippen LogP contribution in [0.4, 0.5) is 4.39 Å².